The number of nitrogens with zero attached hydrogens (tertiary/aromatic N) is 1. The van der Waals surface area contributed by atoms with Gasteiger partial charge in [0.05, 0.1) is 17.3 Å². The van der Waals surface area contributed by atoms with E-state index in [0.717, 1.165) is 12.1 Å². The van der Waals surface area contributed by atoms with Gasteiger partial charge < -0.3 is 10.4 Å². The van der Waals surface area contributed by atoms with Gasteiger partial charge in [-0.25, -0.2) is 4.98 Å². The minimum absolute atomic E-state index is 0.151. The molecular formula is C11H18N2O2S. The van der Waals surface area contributed by atoms with Crippen LogP contribution in [0, 0.1) is 12.8 Å². The van der Waals surface area contributed by atoms with Crippen molar-refractivity contribution in [1.29, 1.82) is 0 Å². The number of thiazole rings is 1. The molecule has 0 aliphatic heterocycles. The van der Waals surface area contributed by atoms with Crippen molar-refractivity contribution in [2.75, 3.05) is 6.54 Å². The van der Waals surface area contributed by atoms with Crippen LogP contribution in [0.1, 0.15) is 35.6 Å². The molecule has 1 aromatic heterocycles. The maximum Gasteiger partial charge on any atom is 0.263 e. The van der Waals surface area contributed by atoms with Crippen LogP contribution in [0.25, 0.3) is 0 Å². The van der Waals surface area contributed by atoms with Gasteiger partial charge in [-0.15, -0.1) is 11.3 Å². The highest BCUT2D eigenvalue weighted by Gasteiger charge is 2.16. The molecule has 0 spiro atoms. The molecule has 0 aliphatic rings. The van der Waals surface area contributed by atoms with Gasteiger partial charge in [0.1, 0.15) is 4.88 Å². The first kappa shape index (κ1) is 13.1. The maximum absolute atomic E-state index is 11.7. The third kappa shape index (κ3) is 3.28. The van der Waals surface area contributed by atoms with Gasteiger partial charge in [-0.1, -0.05) is 20.3 Å². The lowest BCUT2D eigenvalue weighted by Gasteiger charge is -2.17. The zero-order valence-electron chi connectivity index (χ0n) is 9.86. The third-order valence-corrected chi connectivity index (χ3v) is 3.65. The van der Waals surface area contributed by atoms with Crippen LogP contribution in [0.5, 0.6) is 0 Å². The average Bonchev–Trinajstić information content (AvgIpc) is 2.70. The van der Waals surface area contributed by atoms with Crippen molar-refractivity contribution in [1.82, 2.24) is 10.3 Å². The summed E-state index contributed by atoms with van der Waals surface area (Å²) in [4.78, 5) is 16.3. The monoisotopic (exact) mass is 242 g/mol. The van der Waals surface area contributed by atoms with Crippen LogP contribution in [0.2, 0.25) is 0 Å². The number of nitrogens with one attached hydrogen (secondary N) is 1. The van der Waals surface area contributed by atoms with Crippen molar-refractivity contribution in [2.45, 2.75) is 33.3 Å². The highest BCUT2D eigenvalue weighted by Crippen LogP contribution is 2.12. The summed E-state index contributed by atoms with van der Waals surface area (Å²) in [5.74, 6) is 0.0465. The second-order valence-electron chi connectivity index (χ2n) is 3.93. The van der Waals surface area contributed by atoms with Gasteiger partial charge >= 0.3 is 0 Å². The molecule has 2 atom stereocenters. The molecule has 16 heavy (non-hydrogen) atoms. The van der Waals surface area contributed by atoms with E-state index >= 15 is 0 Å². The Kier molecular flexibility index (Phi) is 4.89. The summed E-state index contributed by atoms with van der Waals surface area (Å²) in [5, 5.41) is 12.4. The van der Waals surface area contributed by atoms with E-state index in [-0.39, 0.29) is 11.8 Å². The molecular weight excluding hydrogens is 224 g/mol. The van der Waals surface area contributed by atoms with Crippen molar-refractivity contribution in [2.24, 2.45) is 5.92 Å². The van der Waals surface area contributed by atoms with E-state index in [1.54, 1.807) is 12.4 Å². The number of aliphatic hydroxyl groups is 1. The van der Waals surface area contributed by atoms with E-state index in [1.807, 2.05) is 13.8 Å². The van der Waals surface area contributed by atoms with Crippen molar-refractivity contribution in [3.8, 4) is 0 Å². The number of carbonyl (C=O) groups is 1. The fourth-order valence-electron chi connectivity index (χ4n) is 1.27. The number of aliphatic hydroxyl groups excluding tert-OH is 1. The van der Waals surface area contributed by atoms with Crippen LogP contribution in [0.4, 0.5) is 0 Å². The normalized spacial score (nSPS) is 14.5. The number of aryl methyl sites for hydroxylation is 1. The number of rotatable bonds is 5. The van der Waals surface area contributed by atoms with Crippen molar-refractivity contribution < 1.29 is 9.90 Å². The molecule has 0 radical (unpaired) electrons. The number of hydrogen-bond acceptors (Lipinski definition) is 4. The minimum Gasteiger partial charge on any atom is -0.391 e. The van der Waals surface area contributed by atoms with Gasteiger partial charge in [-0.2, -0.15) is 0 Å². The molecule has 2 N–H and O–H groups in total. The van der Waals surface area contributed by atoms with Gasteiger partial charge in [0.25, 0.3) is 5.91 Å². The van der Waals surface area contributed by atoms with Gasteiger partial charge in [0.15, 0.2) is 0 Å². The molecule has 2 unspecified atom stereocenters. The van der Waals surface area contributed by atoms with Crippen LogP contribution < -0.4 is 5.32 Å². The number of aromatic nitrogens is 1. The Hall–Kier alpha value is -0.940. The molecule has 0 aromatic carbocycles. The zero-order chi connectivity index (χ0) is 12.1. The molecule has 5 heteroatoms. The van der Waals surface area contributed by atoms with Crippen LogP contribution in [0.15, 0.2) is 5.51 Å². The second-order valence-corrected chi connectivity index (χ2v) is 4.78. The zero-order valence-corrected chi connectivity index (χ0v) is 10.7. The predicted octanol–water partition coefficient (Wildman–Crippen LogP) is 1.59. The highest BCUT2D eigenvalue weighted by atomic mass is 32.1. The van der Waals surface area contributed by atoms with Crippen LogP contribution in [0.3, 0.4) is 0 Å². The van der Waals surface area contributed by atoms with E-state index in [1.165, 1.54) is 11.3 Å². The van der Waals surface area contributed by atoms with Gasteiger partial charge in [0, 0.05) is 6.54 Å². The Morgan fingerprint density at radius 3 is 2.88 bits per heavy atom. The van der Waals surface area contributed by atoms with E-state index in [4.69, 9.17) is 0 Å². The van der Waals surface area contributed by atoms with Crippen molar-refractivity contribution >= 4 is 17.2 Å². The fourth-order valence-corrected chi connectivity index (χ4v) is 1.99. The molecule has 1 aromatic rings. The highest BCUT2D eigenvalue weighted by molar-refractivity contribution is 7.11. The molecule has 4 nitrogen and oxygen atoms in total. The molecule has 1 heterocycles. The van der Waals surface area contributed by atoms with Crippen molar-refractivity contribution in [3.05, 3.63) is 16.1 Å². The smallest absolute Gasteiger partial charge is 0.263 e. The number of carbonyl (C=O) groups excluding carboxylic acids is 1. The first-order valence-electron chi connectivity index (χ1n) is 5.42. The van der Waals surface area contributed by atoms with E-state index in [0.29, 0.717) is 11.4 Å². The molecule has 0 aliphatic carbocycles. The molecule has 0 saturated carbocycles. The maximum atomic E-state index is 11.7. The Labute approximate surface area is 99.7 Å². The first-order chi connectivity index (χ1) is 7.56. The van der Waals surface area contributed by atoms with E-state index in [2.05, 4.69) is 10.3 Å². The Balaban J connectivity index is 2.45. The Morgan fingerprint density at radius 2 is 2.38 bits per heavy atom. The number of amides is 1. The first-order valence-corrected chi connectivity index (χ1v) is 6.30. The molecule has 90 valence electrons. The molecule has 1 amide bonds. The molecule has 0 bridgehead atoms. The van der Waals surface area contributed by atoms with Gasteiger partial charge in [0.2, 0.25) is 0 Å². The fraction of sp³-hybridized carbons (Fsp3) is 0.636. The van der Waals surface area contributed by atoms with Crippen molar-refractivity contribution in [3.63, 3.8) is 0 Å². The number of hydrogen-bond donors (Lipinski definition) is 2. The summed E-state index contributed by atoms with van der Waals surface area (Å²) in [5.41, 5.74) is 2.38. The lowest BCUT2D eigenvalue weighted by atomic mass is 10.0. The lowest BCUT2D eigenvalue weighted by molar-refractivity contribution is 0.0853. The summed E-state index contributed by atoms with van der Waals surface area (Å²) in [7, 11) is 0. The van der Waals surface area contributed by atoms with E-state index < -0.39 is 6.10 Å². The summed E-state index contributed by atoms with van der Waals surface area (Å²) in [6.45, 7) is 6.08. The van der Waals surface area contributed by atoms with Crippen LogP contribution >= 0.6 is 11.3 Å². The molecule has 0 fully saturated rings. The summed E-state index contributed by atoms with van der Waals surface area (Å²) < 4.78 is 0. The van der Waals surface area contributed by atoms with Gasteiger partial charge in [-0.05, 0) is 12.8 Å². The van der Waals surface area contributed by atoms with E-state index in [9.17, 15) is 9.90 Å². The standard InChI is InChI=1S/C11H18N2O2S/c1-4-7(2)9(14)5-12-11(15)10-8(3)13-6-16-10/h6-7,9,14H,4-5H2,1-3H3,(H,12,15). The summed E-state index contributed by atoms with van der Waals surface area (Å²) in [6, 6.07) is 0. The van der Waals surface area contributed by atoms with Gasteiger partial charge in [-0.3, -0.25) is 4.79 Å². The SMILES string of the molecule is CCC(C)C(O)CNC(=O)c1scnc1C. The predicted molar refractivity (Wildman–Crippen MR) is 64.6 cm³/mol. The lowest BCUT2D eigenvalue weighted by Crippen LogP contribution is -2.35. The summed E-state index contributed by atoms with van der Waals surface area (Å²) >= 11 is 1.32. The minimum atomic E-state index is -0.484. The topological polar surface area (TPSA) is 62.2 Å². The average molecular weight is 242 g/mol. The third-order valence-electron chi connectivity index (χ3n) is 2.72. The quantitative estimate of drug-likeness (QED) is 0.824. The Bertz CT molecular complexity index is 352. The molecule has 0 saturated heterocycles. The Morgan fingerprint density at radius 1 is 1.69 bits per heavy atom. The van der Waals surface area contributed by atoms with Crippen LogP contribution in [-0.2, 0) is 0 Å². The molecule has 1 rings (SSSR count). The summed E-state index contributed by atoms with van der Waals surface area (Å²) in [6.07, 6.45) is 0.415. The second kappa shape index (κ2) is 5.96. The van der Waals surface area contributed by atoms with Crippen LogP contribution in [-0.4, -0.2) is 28.6 Å². The largest absolute Gasteiger partial charge is 0.391 e.